The van der Waals surface area contributed by atoms with Crippen LogP contribution in [0.1, 0.15) is 29.2 Å². The van der Waals surface area contributed by atoms with E-state index in [1.54, 1.807) is 0 Å². The van der Waals surface area contributed by atoms with Crippen LogP contribution in [0.5, 0.6) is 0 Å². The molecule has 21 heavy (non-hydrogen) atoms. The molecule has 0 radical (unpaired) electrons. The Morgan fingerprint density at radius 3 is 2.57 bits per heavy atom. The maximum atomic E-state index is 14.2. The summed E-state index contributed by atoms with van der Waals surface area (Å²) >= 11 is 3.10. The predicted octanol–water partition coefficient (Wildman–Crippen LogP) is 4.53. The van der Waals surface area contributed by atoms with E-state index in [0.29, 0.717) is 0 Å². The highest BCUT2D eigenvalue weighted by Gasteiger charge is 2.29. The quantitative estimate of drug-likeness (QED) is 0.790. The molecule has 0 spiro atoms. The zero-order valence-corrected chi connectivity index (χ0v) is 13.0. The summed E-state index contributed by atoms with van der Waals surface area (Å²) in [5, 5.41) is 0. The first-order chi connectivity index (χ1) is 10.1. The first kappa shape index (κ1) is 14.7. The molecule has 2 N–H and O–H groups in total. The van der Waals surface area contributed by atoms with E-state index in [9.17, 15) is 8.78 Å². The van der Waals surface area contributed by atoms with Gasteiger partial charge >= 0.3 is 0 Å². The number of benzene rings is 2. The second-order valence-electron chi connectivity index (χ2n) is 5.55. The van der Waals surface area contributed by atoms with Gasteiger partial charge in [-0.1, -0.05) is 24.3 Å². The van der Waals surface area contributed by atoms with Crippen molar-refractivity contribution in [3.05, 3.63) is 69.2 Å². The minimum Gasteiger partial charge on any atom is -0.324 e. The molecule has 1 aliphatic carbocycles. The number of halogens is 3. The molecule has 0 fully saturated rings. The number of aryl methyl sites for hydroxylation is 1. The van der Waals surface area contributed by atoms with Gasteiger partial charge in [-0.2, -0.15) is 0 Å². The van der Waals surface area contributed by atoms with Crippen LogP contribution < -0.4 is 5.73 Å². The number of hydrogen-bond acceptors (Lipinski definition) is 1. The minimum atomic E-state index is -0.629. The smallest absolute Gasteiger partial charge is 0.145 e. The van der Waals surface area contributed by atoms with E-state index in [1.165, 1.54) is 23.3 Å². The maximum absolute atomic E-state index is 14.2. The average Bonchev–Trinajstić information content (AvgIpc) is 2.51. The van der Waals surface area contributed by atoms with Crippen molar-refractivity contribution in [2.24, 2.45) is 11.7 Å². The monoisotopic (exact) mass is 351 g/mol. The Kier molecular flexibility index (Phi) is 4.09. The van der Waals surface area contributed by atoms with Gasteiger partial charge in [0.25, 0.3) is 0 Å². The molecule has 0 heterocycles. The second-order valence-corrected chi connectivity index (χ2v) is 6.41. The molecule has 2 aromatic carbocycles. The standard InChI is InChI=1S/C17H16BrF2N/c18-13-7-8-14(19)15(16(13)20)17(21)12-6-5-10-3-1-2-4-11(10)9-12/h1-4,7-8,12,17H,5-6,9,21H2. The lowest BCUT2D eigenvalue weighted by atomic mass is 9.78. The van der Waals surface area contributed by atoms with Crippen LogP contribution in [0.2, 0.25) is 0 Å². The second kappa shape index (κ2) is 5.85. The molecule has 3 rings (SSSR count). The average molecular weight is 352 g/mol. The molecule has 0 amide bonds. The molecular weight excluding hydrogens is 336 g/mol. The topological polar surface area (TPSA) is 26.0 Å². The van der Waals surface area contributed by atoms with Gasteiger partial charge in [0.2, 0.25) is 0 Å². The molecule has 1 aliphatic rings. The number of nitrogens with two attached hydrogens (primary N) is 1. The van der Waals surface area contributed by atoms with Crippen molar-refractivity contribution in [3.63, 3.8) is 0 Å². The van der Waals surface area contributed by atoms with E-state index >= 15 is 0 Å². The molecule has 0 saturated heterocycles. The third kappa shape index (κ3) is 2.74. The molecule has 0 saturated carbocycles. The van der Waals surface area contributed by atoms with Gasteiger partial charge in [-0.3, -0.25) is 0 Å². The number of rotatable bonds is 2. The van der Waals surface area contributed by atoms with Crippen LogP contribution in [0, 0.1) is 17.6 Å². The van der Waals surface area contributed by atoms with Crippen molar-refractivity contribution in [1.82, 2.24) is 0 Å². The van der Waals surface area contributed by atoms with E-state index in [-0.39, 0.29) is 16.0 Å². The lowest BCUT2D eigenvalue weighted by molar-refractivity contribution is 0.362. The summed E-state index contributed by atoms with van der Waals surface area (Å²) in [6, 6.07) is 10.2. The van der Waals surface area contributed by atoms with Gasteiger partial charge in [0.1, 0.15) is 11.6 Å². The molecule has 0 aromatic heterocycles. The molecule has 4 heteroatoms. The molecule has 2 atom stereocenters. The van der Waals surface area contributed by atoms with Gasteiger partial charge in [-0.05, 0) is 64.4 Å². The Balaban J connectivity index is 1.91. The molecule has 0 aliphatic heterocycles. The van der Waals surface area contributed by atoms with E-state index in [1.807, 2.05) is 12.1 Å². The van der Waals surface area contributed by atoms with Crippen LogP contribution in [-0.4, -0.2) is 0 Å². The van der Waals surface area contributed by atoms with E-state index in [4.69, 9.17) is 5.73 Å². The molecule has 110 valence electrons. The van der Waals surface area contributed by atoms with Crippen LogP contribution in [0.15, 0.2) is 40.9 Å². The fourth-order valence-corrected chi connectivity index (χ4v) is 3.46. The largest absolute Gasteiger partial charge is 0.324 e. The fraction of sp³-hybridized carbons (Fsp3) is 0.294. The zero-order chi connectivity index (χ0) is 15.0. The number of hydrogen-bond donors (Lipinski definition) is 1. The Morgan fingerprint density at radius 2 is 1.81 bits per heavy atom. The third-order valence-corrected chi connectivity index (χ3v) is 4.92. The van der Waals surface area contributed by atoms with Gasteiger partial charge in [0.15, 0.2) is 0 Å². The minimum absolute atomic E-state index is 0.00578. The lowest BCUT2D eigenvalue weighted by Crippen LogP contribution is -2.28. The first-order valence-electron chi connectivity index (χ1n) is 7.03. The highest BCUT2D eigenvalue weighted by atomic mass is 79.9. The van der Waals surface area contributed by atoms with Gasteiger partial charge < -0.3 is 5.73 Å². The summed E-state index contributed by atoms with van der Waals surface area (Å²) in [5.41, 5.74) is 8.74. The van der Waals surface area contributed by atoms with Gasteiger partial charge in [0.05, 0.1) is 4.47 Å². The van der Waals surface area contributed by atoms with Crippen molar-refractivity contribution in [3.8, 4) is 0 Å². The Hall–Kier alpha value is -1.26. The Bertz CT molecular complexity index is 672. The fourth-order valence-electron chi connectivity index (χ4n) is 3.12. The maximum Gasteiger partial charge on any atom is 0.145 e. The predicted molar refractivity (Wildman–Crippen MR) is 82.9 cm³/mol. The zero-order valence-electron chi connectivity index (χ0n) is 11.5. The summed E-state index contributed by atoms with van der Waals surface area (Å²) < 4.78 is 28.4. The summed E-state index contributed by atoms with van der Waals surface area (Å²) in [4.78, 5) is 0. The van der Waals surface area contributed by atoms with E-state index in [2.05, 4.69) is 28.1 Å². The lowest BCUT2D eigenvalue weighted by Gasteiger charge is -2.30. The molecule has 1 nitrogen and oxygen atoms in total. The highest BCUT2D eigenvalue weighted by molar-refractivity contribution is 9.10. The van der Waals surface area contributed by atoms with Crippen molar-refractivity contribution in [2.45, 2.75) is 25.3 Å². The van der Waals surface area contributed by atoms with Crippen LogP contribution in [0.3, 0.4) is 0 Å². The Morgan fingerprint density at radius 1 is 1.10 bits per heavy atom. The SMILES string of the molecule is NC(c1c(F)ccc(Br)c1F)C1CCc2ccccc2C1. The summed E-state index contributed by atoms with van der Waals surface area (Å²) in [6.45, 7) is 0. The van der Waals surface area contributed by atoms with Crippen LogP contribution in [0.4, 0.5) is 8.78 Å². The summed E-state index contributed by atoms with van der Waals surface area (Å²) in [6.07, 6.45) is 2.53. The van der Waals surface area contributed by atoms with Crippen molar-refractivity contribution in [1.29, 1.82) is 0 Å². The molecule has 2 unspecified atom stereocenters. The number of fused-ring (bicyclic) bond motifs is 1. The highest BCUT2D eigenvalue weighted by Crippen LogP contribution is 2.36. The summed E-state index contributed by atoms with van der Waals surface area (Å²) in [5.74, 6) is -1.10. The van der Waals surface area contributed by atoms with Crippen LogP contribution in [0.25, 0.3) is 0 Å². The summed E-state index contributed by atoms with van der Waals surface area (Å²) in [7, 11) is 0. The van der Waals surface area contributed by atoms with Crippen molar-refractivity contribution >= 4 is 15.9 Å². The van der Waals surface area contributed by atoms with E-state index in [0.717, 1.165) is 19.3 Å². The third-order valence-electron chi connectivity index (χ3n) is 4.31. The normalized spacial score (nSPS) is 19.1. The van der Waals surface area contributed by atoms with Gasteiger partial charge in [0, 0.05) is 11.6 Å². The van der Waals surface area contributed by atoms with Gasteiger partial charge in [-0.25, -0.2) is 8.78 Å². The molecule has 2 aromatic rings. The van der Waals surface area contributed by atoms with E-state index < -0.39 is 17.7 Å². The van der Waals surface area contributed by atoms with Crippen LogP contribution in [-0.2, 0) is 12.8 Å². The Labute approximate surface area is 131 Å². The van der Waals surface area contributed by atoms with Gasteiger partial charge in [-0.15, -0.1) is 0 Å². The van der Waals surface area contributed by atoms with Crippen molar-refractivity contribution in [2.75, 3.05) is 0 Å². The molecule has 0 bridgehead atoms. The first-order valence-corrected chi connectivity index (χ1v) is 7.83. The molecular formula is C17H16BrF2N. The van der Waals surface area contributed by atoms with Crippen molar-refractivity contribution < 1.29 is 8.78 Å². The van der Waals surface area contributed by atoms with Crippen LogP contribution >= 0.6 is 15.9 Å².